The molecular weight excluding hydrogens is 384 g/mol. The number of hydrogen-bond donors (Lipinski definition) is 1. The number of piperidine rings is 1. The summed E-state index contributed by atoms with van der Waals surface area (Å²) < 4.78 is 7.36. The Morgan fingerprint density at radius 3 is 2.77 bits per heavy atom. The molecule has 1 aliphatic rings. The van der Waals surface area contributed by atoms with Crippen LogP contribution in [0.4, 0.5) is 0 Å². The van der Waals surface area contributed by atoms with Crippen molar-refractivity contribution in [1.82, 2.24) is 29.6 Å². The third-order valence-electron chi connectivity index (χ3n) is 5.32. The van der Waals surface area contributed by atoms with E-state index in [9.17, 15) is 9.90 Å². The van der Waals surface area contributed by atoms with Crippen molar-refractivity contribution in [2.75, 3.05) is 6.54 Å². The van der Waals surface area contributed by atoms with E-state index in [1.54, 1.807) is 50.1 Å². The number of aromatic nitrogens is 5. The highest BCUT2D eigenvalue weighted by atomic mass is 16.4. The summed E-state index contributed by atoms with van der Waals surface area (Å²) >= 11 is 0. The number of likely N-dealkylation sites (tertiary alicyclic amines) is 1. The lowest BCUT2D eigenvalue weighted by Gasteiger charge is -2.35. The first-order chi connectivity index (χ1) is 14.3. The maximum Gasteiger partial charge on any atom is 0.276 e. The van der Waals surface area contributed by atoms with E-state index in [4.69, 9.17) is 4.42 Å². The standard InChI is InChI=1S/C21H26N6O3/c1-14-18(21(2,3)29)25-16(30-14)13-15-7-4-5-11-26(15)20(28)17-19(23-10-9-22-17)27-12-6-8-24-27/h6,8-10,12,15,29H,4-5,7,11,13H2,1-3H3. The van der Waals surface area contributed by atoms with Gasteiger partial charge in [-0.1, -0.05) is 0 Å². The van der Waals surface area contributed by atoms with Gasteiger partial charge in [-0.2, -0.15) is 5.10 Å². The van der Waals surface area contributed by atoms with Gasteiger partial charge in [-0.25, -0.2) is 19.6 Å². The fraction of sp³-hybridized carbons (Fsp3) is 0.476. The fourth-order valence-electron chi connectivity index (χ4n) is 3.97. The molecule has 1 saturated heterocycles. The van der Waals surface area contributed by atoms with Gasteiger partial charge in [0, 0.05) is 43.8 Å². The first kappa shape index (κ1) is 20.2. The summed E-state index contributed by atoms with van der Waals surface area (Å²) in [6, 6.07) is 1.71. The average Bonchev–Trinajstić information content (AvgIpc) is 3.37. The maximum absolute atomic E-state index is 13.4. The van der Waals surface area contributed by atoms with Gasteiger partial charge in [0.15, 0.2) is 17.4 Å². The third-order valence-corrected chi connectivity index (χ3v) is 5.32. The molecule has 158 valence electrons. The van der Waals surface area contributed by atoms with Crippen molar-refractivity contribution in [2.45, 2.75) is 58.1 Å². The van der Waals surface area contributed by atoms with Crippen molar-refractivity contribution in [3.05, 3.63) is 53.9 Å². The molecule has 0 saturated carbocycles. The predicted molar refractivity (Wildman–Crippen MR) is 108 cm³/mol. The average molecular weight is 410 g/mol. The number of aliphatic hydroxyl groups is 1. The van der Waals surface area contributed by atoms with E-state index in [2.05, 4.69) is 20.1 Å². The van der Waals surface area contributed by atoms with Gasteiger partial charge in [0.05, 0.1) is 0 Å². The van der Waals surface area contributed by atoms with Gasteiger partial charge in [-0.05, 0) is 46.1 Å². The van der Waals surface area contributed by atoms with E-state index in [-0.39, 0.29) is 17.6 Å². The lowest BCUT2D eigenvalue weighted by atomic mass is 9.98. The Morgan fingerprint density at radius 1 is 1.27 bits per heavy atom. The van der Waals surface area contributed by atoms with Crippen LogP contribution in [-0.2, 0) is 12.0 Å². The number of carbonyl (C=O) groups excluding carboxylic acids is 1. The van der Waals surface area contributed by atoms with Crippen molar-refractivity contribution < 1.29 is 14.3 Å². The largest absolute Gasteiger partial charge is 0.446 e. The molecule has 1 unspecified atom stereocenters. The first-order valence-electron chi connectivity index (χ1n) is 10.2. The highest BCUT2D eigenvalue weighted by Crippen LogP contribution is 2.27. The quantitative estimate of drug-likeness (QED) is 0.688. The Kier molecular flexibility index (Phi) is 5.38. The Labute approximate surface area is 174 Å². The summed E-state index contributed by atoms with van der Waals surface area (Å²) in [7, 11) is 0. The van der Waals surface area contributed by atoms with Crippen LogP contribution >= 0.6 is 0 Å². The zero-order valence-electron chi connectivity index (χ0n) is 17.4. The fourth-order valence-corrected chi connectivity index (χ4v) is 3.97. The number of amides is 1. The van der Waals surface area contributed by atoms with E-state index in [0.717, 1.165) is 19.3 Å². The molecule has 1 amide bonds. The second-order valence-corrected chi connectivity index (χ2v) is 8.10. The smallest absolute Gasteiger partial charge is 0.276 e. The van der Waals surface area contributed by atoms with Crippen LogP contribution in [0, 0.1) is 6.92 Å². The van der Waals surface area contributed by atoms with Gasteiger partial charge in [-0.15, -0.1) is 0 Å². The van der Waals surface area contributed by atoms with Gasteiger partial charge in [0.2, 0.25) is 0 Å². The van der Waals surface area contributed by atoms with Crippen molar-refractivity contribution in [2.24, 2.45) is 0 Å². The first-order valence-corrected chi connectivity index (χ1v) is 10.2. The number of oxazole rings is 1. The van der Waals surface area contributed by atoms with Gasteiger partial charge >= 0.3 is 0 Å². The van der Waals surface area contributed by atoms with Gasteiger partial charge in [0.1, 0.15) is 17.1 Å². The highest BCUT2D eigenvalue weighted by Gasteiger charge is 2.33. The summed E-state index contributed by atoms with van der Waals surface area (Å²) in [5, 5.41) is 14.5. The topological polar surface area (TPSA) is 110 Å². The van der Waals surface area contributed by atoms with Crippen LogP contribution in [0.5, 0.6) is 0 Å². The Bertz CT molecular complexity index is 1020. The SMILES string of the molecule is Cc1oc(CC2CCCCN2C(=O)c2nccnc2-n2cccn2)nc1C(C)(C)O. The minimum atomic E-state index is -1.08. The molecule has 1 aliphatic heterocycles. The van der Waals surface area contributed by atoms with Crippen LogP contribution in [0.15, 0.2) is 35.3 Å². The molecule has 0 bridgehead atoms. The Hall–Kier alpha value is -3.07. The zero-order chi connectivity index (χ0) is 21.3. The summed E-state index contributed by atoms with van der Waals surface area (Å²) in [6.45, 7) is 5.80. The van der Waals surface area contributed by atoms with E-state index in [1.807, 2.05) is 4.90 Å². The van der Waals surface area contributed by atoms with Crippen molar-refractivity contribution in [3.8, 4) is 5.82 Å². The monoisotopic (exact) mass is 410 g/mol. The van der Waals surface area contributed by atoms with Crippen LogP contribution in [-0.4, -0.2) is 53.2 Å². The summed E-state index contributed by atoms with van der Waals surface area (Å²) in [5.74, 6) is 1.36. The lowest BCUT2D eigenvalue weighted by molar-refractivity contribution is 0.0597. The number of rotatable bonds is 5. The van der Waals surface area contributed by atoms with Crippen LogP contribution in [0.1, 0.15) is 60.9 Å². The van der Waals surface area contributed by atoms with E-state index < -0.39 is 5.60 Å². The van der Waals surface area contributed by atoms with Crippen LogP contribution in [0.2, 0.25) is 0 Å². The molecule has 0 aromatic carbocycles. The molecule has 1 N–H and O–H groups in total. The molecule has 9 heteroatoms. The van der Waals surface area contributed by atoms with Gasteiger partial charge in [-0.3, -0.25) is 4.79 Å². The number of nitrogens with zero attached hydrogens (tertiary/aromatic N) is 6. The second-order valence-electron chi connectivity index (χ2n) is 8.10. The molecule has 0 radical (unpaired) electrons. The Morgan fingerprint density at radius 2 is 2.07 bits per heavy atom. The molecule has 1 atom stereocenters. The number of hydrogen-bond acceptors (Lipinski definition) is 7. The molecule has 1 fully saturated rings. The number of aryl methyl sites for hydroxylation is 1. The molecule has 4 rings (SSSR count). The van der Waals surface area contributed by atoms with Gasteiger partial charge in [0.25, 0.3) is 5.91 Å². The molecule has 3 aromatic heterocycles. The van der Waals surface area contributed by atoms with E-state index in [0.29, 0.717) is 36.1 Å². The van der Waals surface area contributed by atoms with Crippen molar-refractivity contribution in [1.29, 1.82) is 0 Å². The van der Waals surface area contributed by atoms with Crippen LogP contribution in [0.3, 0.4) is 0 Å². The zero-order valence-corrected chi connectivity index (χ0v) is 17.4. The van der Waals surface area contributed by atoms with E-state index >= 15 is 0 Å². The van der Waals surface area contributed by atoms with Crippen molar-refractivity contribution in [3.63, 3.8) is 0 Å². The molecular formula is C21H26N6O3. The minimum absolute atomic E-state index is 0.0635. The molecule has 0 spiro atoms. The van der Waals surface area contributed by atoms with E-state index in [1.165, 1.54) is 6.20 Å². The molecule has 9 nitrogen and oxygen atoms in total. The summed E-state index contributed by atoms with van der Waals surface area (Å²) in [5.41, 5.74) is -0.276. The summed E-state index contributed by atoms with van der Waals surface area (Å²) in [6.07, 6.45) is 9.74. The normalized spacial score (nSPS) is 17.3. The van der Waals surface area contributed by atoms with Crippen molar-refractivity contribution >= 4 is 5.91 Å². The molecule has 3 aromatic rings. The molecule has 4 heterocycles. The Balaban J connectivity index is 1.60. The van der Waals surface area contributed by atoms with Gasteiger partial charge < -0.3 is 14.4 Å². The maximum atomic E-state index is 13.4. The molecule has 0 aliphatic carbocycles. The third kappa shape index (κ3) is 3.97. The summed E-state index contributed by atoms with van der Waals surface area (Å²) in [4.78, 5) is 28.4. The minimum Gasteiger partial charge on any atom is -0.446 e. The number of carbonyl (C=O) groups is 1. The van der Waals surface area contributed by atoms with Crippen LogP contribution < -0.4 is 0 Å². The predicted octanol–water partition coefficient (Wildman–Crippen LogP) is 2.42. The highest BCUT2D eigenvalue weighted by molar-refractivity contribution is 5.95. The second kappa shape index (κ2) is 7.98. The molecule has 30 heavy (non-hydrogen) atoms. The van der Waals surface area contributed by atoms with Crippen LogP contribution in [0.25, 0.3) is 5.82 Å². The lowest BCUT2D eigenvalue weighted by Crippen LogP contribution is -2.45.